The van der Waals surface area contributed by atoms with Gasteiger partial charge in [-0.15, -0.1) is 0 Å². The van der Waals surface area contributed by atoms with E-state index in [4.69, 9.17) is 9.29 Å². The van der Waals surface area contributed by atoms with Gasteiger partial charge in [0.05, 0.1) is 12.0 Å². The molecule has 0 aliphatic carbocycles. The summed E-state index contributed by atoms with van der Waals surface area (Å²) >= 11 is -1.93. The molecule has 1 unspecified atom stereocenters. The molecule has 0 aliphatic rings. The van der Waals surface area contributed by atoms with Crippen LogP contribution in [0.3, 0.4) is 0 Å². The van der Waals surface area contributed by atoms with Crippen molar-refractivity contribution in [1.29, 1.82) is 0 Å². The summed E-state index contributed by atoms with van der Waals surface area (Å²) in [7, 11) is 1.59. The molecule has 1 aromatic rings. The van der Waals surface area contributed by atoms with E-state index in [0.29, 0.717) is 4.90 Å². The van der Waals surface area contributed by atoms with Gasteiger partial charge >= 0.3 is 0 Å². The Labute approximate surface area is 86.4 Å². The number of aryl methyl sites for hydroxylation is 1. The Kier molecular flexibility index (Phi) is 3.29. The van der Waals surface area contributed by atoms with Crippen molar-refractivity contribution in [3.05, 3.63) is 22.8 Å². The lowest BCUT2D eigenvalue weighted by Gasteiger charge is -2.13. The number of methoxy groups -OCH3 is 1. The smallest absolute Gasteiger partial charge is 0.187 e. The Morgan fingerprint density at radius 1 is 1.29 bits per heavy atom. The highest BCUT2D eigenvalue weighted by molar-refractivity contribution is 7.79. The minimum Gasteiger partial charge on any atom is -0.496 e. The standard InChI is InChI=1S/C10H14O3S/c1-6-5-9(13-4)7(2)8(3)10(6)14(11)12/h5H,1-4H3,(H,11,12). The van der Waals surface area contributed by atoms with Crippen molar-refractivity contribution in [2.75, 3.05) is 7.11 Å². The molecule has 78 valence electrons. The molecule has 1 N–H and O–H groups in total. The molecule has 0 aliphatic heterocycles. The van der Waals surface area contributed by atoms with Gasteiger partial charge in [0.25, 0.3) is 0 Å². The topological polar surface area (TPSA) is 46.5 Å². The van der Waals surface area contributed by atoms with Crippen LogP contribution < -0.4 is 4.74 Å². The zero-order valence-corrected chi connectivity index (χ0v) is 9.57. The third-order valence-electron chi connectivity index (χ3n) is 2.37. The maximum Gasteiger partial charge on any atom is 0.187 e. The fourth-order valence-corrected chi connectivity index (χ4v) is 2.25. The molecule has 0 fully saturated rings. The third kappa shape index (κ3) is 1.81. The van der Waals surface area contributed by atoms with Crippen molar-refractivity contribution >= 4 is 11.1 Å². The maximum absolute atomic E-state index is 11.1. The largest absolute Gasteiger partial charge is 0.496 e. The first kappa shape index (κ1) is 11.2. The summed E-state index contributed by atoms with van der Waals surface area (Å²) in [6.07, 6.45) is 0. The lowest BCUT2D eigenvalue weighted by atomic mass is 10.1. The number of benzene rings is 1. The normalized spacial score (nSPS) is 12.6. The zero-order chi connectivity index (χ0) is 10.9. The molecule has 1 atom stereocenters. The molecule has 0 radical (unpaired) electrons. The Bertz CT molecular complexity index is 385. The lowest BCUT2D eigenvalue weighted by Crippen LogP contribution is -2.01. The predicted molar refractivity (Wildman–Crippen MR) is 56.2 cm³/mol. The summed E-state index contributed by atoms with van der Waals surface area (Å²) in [5, 5.41) is 0. The van der Waals surface area contributed by atoms with E-state index in [-0.39, 0.29) is 0 Å². The summed E-state index contributed by atoms with van der Waals surface area (Å²) in [5.41, 5.74) is 2.52. The molecule has 0 spiro atoms. The van der Waals surface area contributed by atoms with Crippen LogP contribution in [0.15, 0.2) is 11.0 Å². The van der Waals surface area contributed by atoms with Crippen LogP contribution in [-0.4, -0.2) is 15.9 Å². The van der Waals surface area contributed by atoms with Gasteiger partial charge in [-0.2, -0.15) is 0 Å². The minimum absolute atomic E-state index is 0.489. The Morgan fingerprint density at radius 2 is 1.86 bits per heavy atom. The van der Waals surface area contributed by atoms with Gasteiger partial charge in [0.1, 0.15) is 5.75 Å². The second kappa shape index (κ2) is 4.11. The van der Waals surface area contributed by atoms with Gasteiger partial charge in [-0.3, -0.25) is 0 Å². The van der Waals surface area contributed by atoms with Crippen LogP contribution in [0.1, 0.15) is 16.7 Å². The first-order valence-electron chi connectivity index (χ1n) is 4.24. The lowest BCUT2D eigenvalue weighted by molar-refractivity contribution is 0.410. The minimum atomic E-state index is -1.93. The number of hydrogen-bond donors (Lipinski definition) is 1. The summed E-state index contributed by atoms with van der Waals surface area (Å²) < 4.78 is 25.3. The molecule has 0 amide bonds. The SMILES string of the molecule is COc1cc(C)c(S(=O)O)c(C)c1C. The maximum atomic E-state index is 11.1. The average Bonchev–Trinajstić information content (AvgIpc) is 2.10. The molecule has 0 saturated heterocycles. The van der Waals surface area contributed by atoms with Crippen molar-refractivity contribution in [2.45, 2.75) is 25.7 Å². The van der Waals surface area contributed by atoms with Gasteiger partial charge in [-0.05, 0) is 43.5 Å². The second-order valence-electron chi connectivity index (χ2n) is 3.22. The van der Waals surface area contributed by atoms with Crippen LogP contribution in [0.2, 0.25) is 0 Å². The summed E-state index contributed by atoms with van der Waals surface area (Å²) in [6, 6.07) is 1.78. The fourth-order valence-electron chi connectivity index (χ4n) is 1.50. The van der Waals surface area contributed by atoms with Crippen molar-refractivity contribution in [3.8, 4) is 5.75 Å². The molecular formula is C10H14O3S. The van der Waals surface area contributed by atoms with Crippen LogP contribution >= 0.6 is 0 Å². The highest BCUT2D eigenvalue weighted by Gasteiger charge is 2.14. The molecule has 4 heteroatoms. The van der Waals surface area contributed by atoms with E-state index in [1.165, 1.54) is 0 Å². The summed E-state index contributed by atoms with van der Waals surface area (Å²) in [4.78, 5) is 0.489. The Hall–Kier alpha value is -0.870. The van der Waals surface area contributed by atoms with E-state index in [1.807, 2.05) is 13.8 Å². The first-order chi connectivity index (χ1) is 6.49. The van der Waals surface area contributed by atoms with Crippen molar-refractivity contribution < 1.29 is 13.5 Å². The number of rotatable bonds is 2. The Morgan fingerprint density at radius 3 is 2.29 bits per heavy atom. The summed E-state index contributed by atoms with van der Waals surface area (Å²) in [6.45, 7) is 5.51. The monoisotopic (exact) mass is 214 g/mol. The predicted octanol–water partition coefficient (Wildman–Crippen LogP) is 2.20. The molecular weight excluding hydrogens is 200 g/mol. The van der Waals surface area contributed by atoms with Crippen LogP contribution in [0.25, 0.3) is 0 Å². The zero-order valence-electron chi connectivity index (χ0n) is 8.75. The third-order valence-corrected chi connectivity index (χ3v) is 3.35. The molecule has 1 aromatic carbocycles. The van der Waals surface area contributed by atoms with Gasteiger partial charge in [0, 0.05) is 0 Å². The molecule has 0 aromatic heterocycles. The van der Waals surface area contributed by atoms with Crippen LogP contribution in [0.5, 0.6) is 5.75 Å². The number of hydrogen-bond acceptors (Lipinski definition) is 2. The molecule has 0 heterocycles. The van der Waals surface area contributed by atoms with Crippen LogP contribution in [-0.2, 0) is 11.1 Å². The van der Waals surface area contributed by atoms with Gasteiger partial charge in [0.2, 0.25) is 0 Å². The van der Waals surface area contributed by atoms with Crippen molar-refractivity contribution in [3.63, 3.8) is 0 Å². The summed E-state index contributed by atoms with van der Waals surface area (Å²) in [5.74, 6) is 0.759. The Balaban J connectivity index is 3.49. The second-order valence-corrected chi connectivity index (χ2v) is 4.13. The van der Waals surface area contributed by atoms with Gasteiger partial charge in [-0.1, -0.05) is 0 Å². The first-order valence-corrected chi connectivity index (χ1v) is 5.35. The molecule has 3 nitrogen and oxygen atoms in total. The fraction of sp³-hybridized carbons (Fsp3) is 0.400. The molecule has 0 saturated carbocycles. The van der Waals surface area contributed by atoms with E-state index in [1.54, 1.807) is 20.1 Å². The van der Waals surface area contributed by atoms with E-state index >= 15 is 0 Å². The van der Waals surface area contributed by atoms with E-state index in [0.717, 1.165) is 22.4 Å². The van der Waals surface area contributed by atoms with Gasteiger partial charge in [0.15, 0.2) is 11.1 Å². The van der Waals surface area contributed by atoms with Gasteiger partial charge < -0.3 is 9.29 Å². The number of ether oxygens (including phenoxy) is 1. The van der Waals surface area contributed by atoms with Crippen molar-refractivity contribution in [2.24, 2.45) is 0 Å². The molecule has 0 bridgehead atoms. The quantitative estimate of drug-likeness (QED) is 0.768. The average molecular weight is 214 g/mol. The van der Waals surface area contributed by atoms with Crippen molar-refractivity contribution in [1.82, 2.24) is 0 Å². The van der Waals surface area contributed by atoms with Crippen LogP contribution in [0.4, 0.5) is 0 Å². The van der Waals surface area contributed by atoms with Crippen LogP contribution in [0, 0.1) is 20.8 Å². The molecule has 14 heavy (non-hydrogen) atoms. The van der Waals surface area contributed by atoms with E-state index in [9.17, 15) is 4.21 Å². The van der Waals surface area contributed by atoms with E-state index < -0.39 is 11.1 Å². The highest BCUT2D eigenvalue weighted by atomic mass is 32.2. The highest BCUT2D eigenvalue weighted by Crippen LogP contribution is 2.28. The van der Waals surface area contributed by atoms with E-state index in [2.05, 4.69) is 0 Å². The van der Waals surface area contributed by atoms with Gasteiger partial charge in [-0.25, -0.2) is 4.21 Å². The molecule has 1 rings (SSSR count).